The van der Waals surface area contributed by atoms with Crippen LogP contribution in [0.25, 0.3) is 0 Å². The van der Waals surface area contributed by atoms with Gasteiger partial charge in [-0.1, -0.05) is 31.5 Å². The van der Waals surface area contributed by atoms with E-state index in [-0.39, 0.29) is 5.91 Å². The standard InChI is InChI=1S/C18H21NO2/c1-3-4-8-14-13-16(21-2)11-12-17(14)18(20)19-15-9-6-5-7-10-15/h5-7,9-13H,3-4,8H2,1-2H3,(H,19,20). The number of unbranched alkanes of at least 4 members (excludes halogenated alkanes) is 1. The fourth-order valence-corrected chi connectivity index (χ4v) is 2.21. The van der Waals surface area contributed by atoms with Crippen molar-refractivity contribution in [2.24, 2.45) is 0 Å². The number of aryl methyl sites for hydroxylation is 1. The Balaban J connectivity index is 2.22. The van der Waals surface area contributed by atoms with E-state index in [2.05, 4.69) is 12.2 Å². The van der Waals surface area contributed by atoms with E-state index in [1.807, 2.05) is 48.5 Å². The van der Waals surface area contributed by atoms with E-state index in [1.165, 1.54) is 0 Å². The molecular formula is C18H21NO2. The molecule has 0 aromatic heterocycles. The Kier molecular flexibility index (Phi) is 5.38. The van der Waals surface area contributed by atoms with E-state index in [0.29, 0.717) is 5.56 Å². The molecular weight excluding hydrogens is 262 g/mol. The fraction of sp³-hybridized carbons (Fsp3) is 0.278. The maximum Gasteiger partial charge on any atom is 0.255 e. The molecule has 3 nitrogen and oxygen atoms in total. The van der Waals surface area contributed by atoms with Gasteiger partial charge >= 0.3 is 0 Å². The molecule has 0 aliphatic carbocycles. The minimum atomic E-state index is -0.0741. The van der Waals surface area contributed by atoms with Crippen molar-refractivity contribution in [1.82, 2.24) is 0 Å². The zero-order valence-electron chi connectivity index (χ0n) is 12.6. The number of amides is 1. The second-order valence-corrected chi connectivity index (χ2v) is 4.95. The smallest absolute Gasteiger partial charge is 0.255 e. The van der Waals surface area contributed by atoms with Crippen LogP contribution in [0.5, 0.6) is 5.75 Å². The maximum absolute atomic E-state index is 12.4. The van der Waals surface area contributed by atoms with E-state index in [4.69, 9.17) is 4.74 Å². The zero-order chi connectivity index (χ0) is 15.1. The molecule has 110 valence electrons. The largest absolute Gasteiger partial charge is 0.497 e. The molecule has 0 spiro atoms. The van der Waals surface area contributed by atoms with Crippen LogP contribution in [-0.4, -0.2) is 13.0 Å². The third kappa shape index (κ3) is 4.09. The molecule has 0 fully saturated rings. The van der Waals surface area contributed by atoms with Gasteiger partial charge in [0, 0.05) is 11.3 Å². The highest BCUT2D eigenvalue weighted by atomic mass is 16.5. The second kappa shape index (κ2) is 7.48. The van der Waals surface area contributed by atoms with Crippen molar-refractivity contribution in [3.63, 3.8) is 0 Å². The van der Waals surface area contributed by atoms with Crippen molar-refractivity contribution >= 4 is 11.6 Å². The van der Waals surface area contributed by atoms with Crippen molar-refractivity contribution in [2.45, 2.75) is 26.2 Å². The van der Waals surface area contributed by atoms with Gasteiger partial charge in [0.05, 0.1) is 7.11 Å². The summed E-state index contributed by atoms with van der Waals surface area (Å²) in [5.74, 6) is 0.715. The second-order valence-electron chi connectivity index (χ2n) is 4.95. The number of para-hydroxylation sites is 1. The van der Waals surface area contributed by atoms with Gasteiger partial charge in [0.15, 0.2) is 0 Å². The maximum atomic E-state index is 12.4. The normalized spacial score (nSPS) is 10.2. The van der Waals surface area contributed by atoms with Gasteiger partial charge in [-0.05, 0) is 48.7 Å². The van der Waals surface area contributed by atoms with Gasteiger partial charge in [0.1, 0.15) is 5.75 Å². The molecule has 0 aliphatic rings. The Morgan fingerprint density at radius 1 is 1.14 bits per heavy atom. The van der Waals surface area contributed by atoms with Crippen LogP contribution in [-0.2, 0) is 6.42 Å². The number of hydrogen-bond acceptors (Lipinski definition) is 2. The lowest BCUT2D eigenvalue weighted by molar-refractivity contribution is 0.102. The Bertz CT molecular complexity index is 593. The molecule has 2 rings (SSSR count). The summed E-state index contributed by atoms with van der Waals surface area (Å²) in [6.07, 6.45) is 3.03. The fourth-order valence-electron chi connectivity index (χ4n) is 2.21. The van der Waals surface area contributed by atoms with Gasteiger partial charge < -0.3 is 10.1 Å². The van der Waals surface area contributed by atoms with Crippen LogP contribution in [0.4, 0.5) is 5.69 Å². The van der Waals surface area contributed by atoms with Gasteiger partial charge in [0.2, 0.25) is 0 Å². The molecule has 1 N–H and O–H groups in total. The molecule has 2 aromatic carbocycles. The lowest BCUT2D eigenvalue weighted by atomic mass is 10.0. The van der Waals surface area contributed by atoms with E-state index >= 15 is 0 Å². The first-order valence-corrected chi connectivity index (χ1v) is 7.28. The number of benzene rings is 2. The number of carbonyl (C=O) groups is 1. The summed E-state index contributed by atoms with van der Waals surface area (Å²) < 4.78 is 5.26. The first-order valence-electron chi connectivity index (χ1n) is 7.28. The van der Waals surface area contributed by atoms with Crippen molar-refractivity contribution in [3.8, 4) is 5.75 Å². The topological polar surface area (TPSA) is 38.3 Å². The quantitative estimate of drug-likeness (QED) is 0.858. The van der Waals surface area contributed by atoms with E-state index in [0.717, 1.165) is 36.3 Å². The molecule has 21 heavy (non-hydrogen) atoms. The molecule has 0 saturated carbocycles. The van der Waals surface area contributed by atoms with Crippen LogP contribution >= 0.6 is 0 Å². The summed E-state index contributed by atoms with van der Waals surface area (Å²) in [5.41, 5.74) is 2.55. The Labute approximate surface area is 126 Å². The average molecular weight is 283 g/mol. The third-order valence-electron chi connectivity index (χ3n) is 3.39. The molecule has 0 bridgehead atoms. The van der Waals surface area contributed by atoms with Crippen LogP contribution in [0.2, 0.25) is 0 Å². The minimum Gasteiger partial charge on any atom is -0.497 e. The summed E-state index contributed by atoms with van der Waals surface area (Å²) in [6, 6.07) is 15.1. The molecule has 0 atom stereocenters. The molecule has 1 amide bonds. The SMILES string of the molecule is CCCCc1cc(OC)ccc1C(=O)Nc1ccccc1. The zero-order valence-corrected chi connectivity index (χ0v) is 12.6. The van der Waals surface area contributed by atoms with E-state index < -0.39 is 0 Å². The highest BCUT2D eigenvalue weighted by Crippen LogP contribution is 2.21. The van der Waals surface area contributed by atoms with Gasteiger partial charge in [0.25, 0.3) is 5.91 Å². The van der Waals surface area contributed by atoms with Crippen molar-refractivity contribution in [1.29, 1.82) is 0 Å². The van der Waals surface area contributed by atoms with Gasteiger partial charge in [-0.3, -0.25) is 4.79 Å². The number of anilines is 1. The Morgan fingerprint density at radius 3 is 2.57 bits per heavy atom. The predicted octanol–water partition coefficient (Wildman–Crippen LogP) is 4.29. The molecule has 0 unspecified atom stereocenters. The van der Waals surface area contributed by atoms with E-state index in [9.17, 15) is 4.79 Å². The number of rotatable bonds is 6. The number of ether oxygens (including phenoxy) is 1. The molecule has 0 heterocycles. The molecule has 0 saturated heterocycles. The number of hydrogen-bond donors (Lipinski definition) is 1. The summed E-state index contributed by atoms with van der Waals surface area (Å²) in [6.45, 7) is 2.14. The van der Waals surface area contributed by atoms with Crippen LogP contribution in [0.1, 0.15) is 35.7 Å². The average Bonchev–Trinajstić information content (AvgIpc) is 2.53. The molecule has 3 heteroatoms. The predicted molar refractivity (Wildman–Crippen MR) is 86.0 cm³/mol. The van der Waals surface area contributed by atoms with Gasteiger partial charge in [-0.25, -0.2) is 0 Å². The Morgan fingerprint density at radius 2 is 1.90 bits per heavy atom. The number of carbonyl (C=O) groups excluding carboxylic acids is 1. The van der Waals surface area contributed by atoms with Crippen molar-refractivity contribution < 1.29 is 9.53 Å². The Hall–Kier alpha value is -2.29. The molecule has 0 radical (unpaired) electrons. The first kappa shape index (κ1) is 15.1. The molecule has 2 aromatic rings. The number of nitrogens with one attached hydrogen (secondary N) is 1. The van der Waals surface area contributed by atoms with Crippen LogP contribution in [0.15, 0.2) is 48.5 Å². The lowest BCUT2D eigenvalue weighted by Gasteiger charge is -2.12. The first-order chi connectivity index (χ1) is 10.2. The third-order valence-corrected chi connectivity index (χ3v) is 3.39. The van der Waals surface area contributed by atoms with Crippen LogP contribution in [0, 0.1) is 0 Å². The highest BCUT2D eigenvalue weighted by Gasteiger charge is 2.12. The van der Waals surface area contributed by atoms with Crippen molar-refractivity contribution in [2.75, 3.05) is 12.4 Å². The van der Waals surface area contributed by atoms with E-state index in [1.54, 1.807) is 7.11 Å². The number of methoxy groups -OCH3 is 1. The summed E-state index contributed by atoms with van der Waals surface area (Å²) in [5, 5.41) is 2.93. The minimum absolute atomic E-state index is 0.0741. The lowest BCUT2D eigenvalue weighted by Crippen LogP contribution is -2.14. The van der Waals surface area contributed by atoms with Crippen molar-refractivity contribution in [3.05, 3.63) is 59.7 Å². The highest BCUT2D eigenvalue weighted by molar-refractivity contribution is 6.05. The van der Waals surface area contributed by atoms with Crippen LogP contribution in [0.3, 0.4) is 0 Å². The van der Waals surface area contributed by atoms with Gasteiger partial charge in [-0.15, -0.1) is 0 Å². The summed E-state index contributed by atoms with van der Waals surface area (Å²) >= 11 is 0. The monoisotopic (exact) mass is 283 g/mol. The summed E-state index contributed by atoms with van der Waals surface area (Å²) in [4.78, 5) is 12.4. The molecule has 0 aliphatic heterocycles. The van der Waals surface area contributed by atoms with Crippen LogP contribution < -0.4 is 10.1 Å². The van der Waals surface area contributed by atoms with Gasteiger partial charge in [-0.2, -0.15) is 0 Å². The summed E-state index contributed by atoms with van der Waals surface area (Å²) in [7, 11) is 1.64.